The molecule has 1 aliphatic rings. The van der Waals surface area contributed by atoms with Crippen LogP contribution in [0.25, 0.3) is 0 Å². The first-order valence-electron chi connectivity index (χ1n) is 10.9. The molecule has 3 rings (SSSR count). The van der Waals surface area contributed by atoms with Crippen LogP contribution in [-0.2, 0) is 22.4 Å². The third kappa shape index (κ3) is 6.90. The van der Waals surface area contributed by atoms with Crippen LogP contribution in [0, 0.1) is 5.92 Å². The molecule has 1 aliphatic heterocycles. The van der Waals surface area contributed by atoms with Crippen LogP contribution < -0.4 is 10.1 Å². The Kier molecular flexibility index (Phi) is 8.30. The summed E-state index contributed by atoms with van der Waals surface area (Å²) in [6, 6.07) is 17.9. The monoisotopic (exact) mass is 408 g/mol. The molecule has 0 spiro atoms. The molecule has 2 aromatic rings. The van der Waals surface area contributed by atoms with Crippen molar-refractivity contribution in [1.29, 1.82) is 0 Å². The average molecular weight is 409 g/mol. The fourth-order valence-electron chi connectivity index (χ4n) is 3.94. The van der Waals surface area contributed by atoms with Crippen molar-refractivity contribution in [2.45, 2.75) is 38.5 Å². The van der Waals surface area contributed by atoms with Gasteiger partial charge in [0, 0.05) is 26.1 Å². The van der Waals surface area contributed by atoms with E-state index in [1.165, 1.54) is 5.56 Å². The molecule has 0 atom stereocenters. The summed E-state index contributed by atoms with van der Waals surface area (Å²) in [6.07, 6.45) is 5.07. The number of rotatable bonds is 9. The molecule has 0 bridgehead atoms. The number of hydrogen-bond acceptors (Lipinski definition) is 3. The molecule has 30 heavy (non-hydrogen) atoms. The predicted molar refractivity (Wildman–Crippen MR) is 118 cm³/mol. The summed E-state index contributed by atoms with van der Waals surface area (Å²) in [7, 11) is 1.68. The Balaban J connectivity index is 1.30. The molecule has 0 saturated carbocycles. The summed E-state index contributed by atoms with van der Waals surface area (Å²) >= 11 is 0. The molecular weight excluding hydrogens is 376 g/mol. The first-order valence-corrected chi connectivity index (χ1v) is 10.9. The highest BCUT2D eigenvalue weighted by molar-refractivity contribution is 5.80. The van der Waals surface area contributed by atoms with Crippen molar-refractivity contribution in [2.75, 3.05) is 26.7 Å². The second-order valence-corrected chi connectivity index (χ2v) is 7.97. The standard InChI is InChI=1S/C25H32N2O3/c1-30-23-11-9-20(10-12-23)7-8-21-14-17-27(18-15-21)25(29)13-16-26-24(28)19-22-5-3-2-4-6-22/h2-6,9-12,21H,7-8,13-19H2,1H3,(H,26,28). The first kappa shape index (κ1) is 21.9. The molecular formula is C25H32N2O3. The zero-order valence-corrected chi connectivity index (χ0v) is 17.8. The maximum atomic E-state index is 12.4. The van der Waals surface area contributed by atoms with E-state index < -0.39 is 0 Å². The van der Waals surface area contributed by atoms with Crippen molar-refractivity contribution >= 4 is 11.8 Å². The van der Waals surface area contributed by atoms with Gasteiger partial charge in [-0.15, -0.1) is 0 Å². The highest BCUT2D eigenvalue weighted by atomic mass is 16.5. The van der Waals surface area contributed by atoms with E-state index in [0.717, 1.165) is 50.1 Å². The van der Waals surface area contributed by atoms with Crippen LogP contribution in [0.1, 0.15) is 36.8 Å². The van der Waals surface area contributed by atoms with Gasteiger partial charge in [-0.25, -0.2) is 0 Å². The smallest absolute Gasteiger partial charge is 0.224 e. The van der Waals surface area contributed by atoms with Crippen LogP contribution >= 0.6 is 0 Å². The maximum Gasteiger partial charge on any atom is 0.224 e. The van der Waals surface area contributed by atoms with Gasteiger partial charge in [0.25, 0.3) is 0 Å². The van der Waals surface area contributed by atoms with Gasteiger partial charge in [-0.3, -0.25) is 9.59 Å². The molecule has 1 fully saturated rings. The van der Waals surface area contributed by atoms with Crippen LogP contribution in [0.4, 0.5) is 0 Å². The number of amides is 2. The second-order valence-electron chi connectivity index (χ2n) is 7.97. The molecule has 160 valence electrons. The van der Waals surface area contributed by atoms with Crippen LogP contribution in [0.2, 0.25) is 0 Å². The van der Waals surface area contributed by atoms with Crippen molar-refractivity contribution in [2.24, 2.45) is 5.92 Å². The molecule has 0 aliphatic carbocycles. The molecule has 2 aromatic carbocycles. The summed E-state index contributed by atoms with van der Waals surface area (Å²) in [5.74, 6) is 1.67. The number of methoxy groups -OCH3 is 1. The Labute approximate surface area is 179 Å². The number of nitrogens with zero attached hydrogens (tertiary/aromatic N) is 1. The van der Waals surface area contributed by atoms with Gasteiger partial charge in [0.1, 0.15) is 5.75 Å². The normalized spacial score (nSPS) is 14.4. The van der Waals surface area contributed by atoms with Gasteiger partial charge < -0.3 is 15.0 Å². The zero-order chi connectivity index (χ0) is 21.2. The number of ether oxygens (including phenoxy) is 1. The van der Waals surface area contributed by atoms with Crippen molar-refractivity contribution in [3.05, 3.63) is 65.7 Å². The average Bonchev–Trinajstić information content (AvgIpc) is 2.79. The van der Waals surface area contributed by atoms with Gasteiger partial charge in [-0.1, -0.05) is 42.5 Å². The highest BCUT2D eigenvalue weighted by Gasteiger charge is 2.22. The fraction of sp³-hybridized carbons (Fsp3) is 0.440. The van der Waals surface area contributed by atoms with Crippen LogP contribution in [0.5, 0.6) is 5.75 Å². The fourth-order valence-corrected chi connectivity index (χ4v) is 3.94. The van der Waals surface area contributed by atoms with Gasteiger partial charge in [0.05, 0.1) is 13.5 Å². The summed E-state index contributed by atoms with van der Waals surface area (Å²) < 4.78 is 5.20. The lowest BCUT2D eigenvalue weighted by molar-refractivity contribution is -0.132. The van der Waals surface area contributed by atoms with Crippen molar-refractivity contribution in [1.82, 2.24) is 10.2 Å². The minimum Gasteiger partial charge on any atom is -0.497 e. The lowest BCUT2D eigenvalue weighted by Crippen LogP contribution is -2.40. The number of carbonyl (C=O) groups is 2. The Morgan fingerprint density at radius 1 is 1.00 bits per heavy atom. The Bertz CT molecular complexity index is 797. The number of carbonyl (C=O) groups excluding carboxylic acids is 2. The molecule has 0 radical (unpaired) electrons. The summed E-state index contributed by atoms with van der Waals surface area (Å²) in [4.78, 5) is 26.4. The Morgan fingerprint density at radius 3 is 2.37 bits per heavy atom. The topological polar surface area (TPSA) is 58.6 Å². The van der Waals surface area contributed by atoms with Crippen molar-refractivity contribution < 1.29 is 14.3 Å². The zero-order valence-electron chi connectivity index (χ0n) is 17.8. The second kappa shape index (κ2) is 11.4. The van der Waals surface area contributed by atoms with E-state index in [-0.39, 0.29) is 11.8 Å². The maximum absolute atomic E-state index is 12.4. The van der Waals surface area contributed by atoms with Gasteiger partial charge in [-0.2, -0.15) is 0 Å². The van der Waals surface area contributed by atoms with E-state index in [9.17, 15) is 9.59 Å². The quantitative estimate of drug-likeness (QED) is 0.690. The molecule has 2 amide bonds. The van der Waals surface area contributed by atoms with Crippen LogP contribution in [-0.4, -0.2) is 43.5 Å². The van der Waals surface area contributed by atoms with E-state index in [1.54, 1.807) is 7.11 Å². The van der Waals surface area contributed by atoms with Gasteiger partial charge in [0.2, 0.25) is 11.8 Å². The van der Waals surface area contributed by atoms with E-state index in [1.807, 2.05) is 47.4 Å². The third-order valence-corrected chi connectivity index (χ3v) is 5.84. The Hall–Kier alpha value is -2.82. The number of likely N-dealkylation sites (tertiary alicyclic amines) is 1. The number of hydrogen-bond donors (Lipinski definition) is 1. The van der Waals surface area contributed by atoms with Crippen molar-refractivity contribution in [3.8, 4) is 5.75 Å². The van der Waals surface area contributed by atoms with Crippen molar-refractivity contribution in [3.63, 3.8) is 0 Å². The van der Waals surface area contributed by atoms with E-state index >= 15 is 0 Å². The first-order chi connectivity index (χ1) is 14.6. The number of piperidine rings is 1. The molecule has 1 heterocycles. The lowest BCUT2D eigenvalue weighted by atomic mass is 9.90. The molecule has 5 nitrogen and oxygen atoms in total. The highest BCUT2D eigenvalue weighted by Crippen LogP contribution is 2.23. The van der Waals surface area contributed by atoms with Gasteiger partial charge in [0.15, 0.2) is 0 Å². The molecule has 1 saturated heterocycles. The number of aryl methyl sites for hydroxylation is 1. The van der Waals surface area contributed by atoms with Crippen LogP contribution in [0.15, 0.2) is 54.6 Å². The van der Waals surface area contributed by atoms with E-state index in [2.05, 4.69) is 17.4 Å². The molecule has 1 N–H and O–H groups in total. The minimum absolute atomic E-state index is 0.0359. The Morgan fingerprint density at radius 2 is 1.70 bits per heavy atom. The SMILES string of the molecule is COc1ccc(CCC2CCN(C(=O)CCNC(=O)Cc3ccccc3)CC2)cc1. The largest absolute Gasteiger partial charge is 0.497 e. The number of benzene rings is 2. The summed E-state index contributed by atoms with van der Waals surface area (Å²) in [5, 5.41) is 2.86. The number of nitrogens with one attached hydrogen (secondary N) is 1. The van der Waals surface area contributed by atoms with E-state index in [4.69, 9.17) is 4.74 Å². The minimum atomic E-state index is -0.0359. The molecule has 5 heteroatoms. The van der Waals surface area contributed by atoms with Crippen LogP contribution in [0.3, 0.4) is 0 Å². The molecule has 0 aromatic heterocycles. The third-order valence-electron chi connectivity index (χ3n) is 5.84. The summed E-state index contributed by atoms with van der Waals surface area (Å²) in [6.45, 7) is 2.05. The van der Waals surface area contributed by atoms with Gasteiger partial charge in [-0.05, 0) is 54.9 Å². The predicted octanol–water partition coefficient (Wildman–Crippen LogP) is 3.62. The van der Waals surface area contributed by atoms with Gasteiger partial charge >= 0.3 is 0 Å². The van der Waals surface area contributed by atoms with E-state index in [0.29, 0.717) is 25.3 Å². The summed E-state index contributed by atoms with van der Waals surface area (Å²) in [5.41, 5.74) is 2.32. The lowest BCUT2D eigenvalue weighted by Gasteiger charge is -2.32. The molecule has 0 unspecified atom stereocenters.